The first-order valence-electron chi connectivity index (χ1n) is 5.65. The van der Waals surface area contributed by atoms with Crippen molar-refractivity contribution in [3.8, 4) is 0 Å². The highest BCUT2D eigenvalue weighted by Crippen LogP contribution is 2.31. The summed E-state index contributed by atoms with van der Waals surface area (Å²) in [5, 5.41) is 2.45. The van der Waals surface area contributed by atoms with Gasteiger partial charge in [0.2, 0.25) is 0 Å². The average Bonchev–Trinajstić information content (AvgIpc) is 2.56. The Hall–Kier alpha value is -0.660. The highest BCUT2D eigenvalue weighted by molar-refractivity contribution is 6.42. The molecule has 1 nitrogen and oxygen atoms in total. The minimum absolute atomic E-state index is 0.612. The third kappa shape index (κ3) is 1.94. The maximum atomic E-state index is 6.06. The second-order valence-corrected chi connectivity index (χ2v) is 4.81. The molecule has 0 aliphatic carbocycles. The number of rotatable bonds is 3. The first-order valence-corrected chi connectivity index (χ1v) is 6.41. The number of hydrogen-bond acceptors (Lipinski definition) is 0. The number of halogens is 2. The lowest BCUT2D eigenvalue weighted by Gasteiger charge is -2.00. The molecule has 2 aromatic rings. The Balaban J connectivity index is 2.67. The van der Waals surface area contributed by atoms with Gasteiger partial charge in [-0.3, -0.25) is 0 Å². The van der Waals surface area contributed by atoms with Gasteiger partial charge >= 0.3 is 0 Å². The van der Waals surface area contributed by atoms with Gasteiger partial charge in [-0.25, -0.2) is 0 Å². The third-order valence-corrected chi connectivity index (χ3v) is 3.61. The van der Waals surface area contributed by atoms with E-state index in [1.54, 1.807) is 0 Å². The molecule has 1 N–H and O–H groups in total. The normalized spacial score (nSPS) is 11.2. The van der Waals surface area contributed by atoms with Gasteiger partial charge in [0.1, 0.15) is 0 Å². The Morgan fingerprint density at radius 3 is 2.44 bits per heavy atom. The molecule has 0 aliphatic heterocycles. The number of benzene rings is 1. The Kier molecular flexibility index (Phi) is 3.46. The van der Waals surface area contributed by atoms with E-state index in [4.69, 9.17) is 23.2 Å². The number of aryl methyl sites for hydroxylation is 2. The van der Waals surface area contributed by atoms with E-state index in [0.717, 1.165) is 24.8 Å². The quantitative estimate of drug-likeness (QED) is 0.796. The molecule has 0 radical (unpaired) electrons. The molecule has 0 unspecified atom stereocenters. The van der Waals surface area contributed by atoms with E-state index in [9.17, 15) is 0 Å². The van der Waals surface area contributed by atoms with Crippen molar-refractivity contribution in [2.24, 2.45) is 0 Å². The summed E-state index contributed by atoms with van der Waals surface area (Å²) in [6.07, 6.45) is 3.24. The Morgan fingerprint density at radius 1 is 1.12 bits per heavy atom. The molecule has 0 amide bonds. The summed E-state index contributed by atoms with van der Waals surface area (Å²) < 4.78 is 0. The zero-order chi connectivity index (χ0) is 11.7. The highest BCUT2D eigenvalue weighted by Gasteiger charge is 2.11. The van der Waals surface area contributed by atoms with Crippen LogP contribution >= 0.6 is 23.2 Å². The van der Waals surface area contributed by atoms with Crippen LogP contribution in [0.3, 0.4) is 0 Å². The van der Waals surface area contributed by atoms with E-state index >= 15 is 0 Å². The lowest BCUT2D eigenvalue weighted by molar-refractivity contribution is 0.877. The van der Waals surface area contributed by atoms with Crippen LogP contribution in [0.15, 0.2) is 12.1 Å². The Labute approximate surface area is 106 Å². The van der Waals surface area contributed by atoms with E-state index < -0.39 is 0 Å². The molecule has 1 heterocycles. The summed E-state index contributed by atoms with van der Waals surface area (Å²) in [7, 11) is 0. The van der Waals surface area contributed by atoms with Crippen LogP contribution in [0.1, 0.15) is 31.5 Å². The molecule has 1 aromatic heterocycles. The molecule has 3 heteroatoms. The van der Waals surface area contributed by atoms with Crippen LogP contribution in [-0.2, 0) is 12.8 Å². The zero-order valence-corrected chi connectivity index (χ0v) is 11.0. The van der Waals surface area contributed by atoms with Gasteiger partial charge in [-0.15, -0.1) is 0 Å². The van der Waals surface area contributed by atoms with Gasteiger partial charge in [-0.1, -0.05) is 43.5 Å². The number of H-pyrrole nitrogens is 1. The van der Waals surface area contributed by atoms with Gasteiger partial charge in [0, 0.05) is 16.6 Å². The van der Waals surface area contributed by atoms with E-state index in [1.807, 2.05) is 12.1 Å². The number of aromatic amines is 1. The SMILES string of the molecule is CCCc1[nH]c2cc(Cl)c(Cl)cc2c1CC. The summed E-state index contributed by atoms with van der Waals surface area (Å²) in [6, 6.07) is 3.88. The van der Waals surface area contributed by atoms with Crippen LogP contribution in [0.25, 0.3) is 10.9 Å². The molecule has 0 saturated heterocycles. The van der Waals surface area contributed by atoms with Crippen molar-refractivity contribution < 1.29 is 0 Å². The van der Waals surface area contributed by atoms with Crippen molar-refractivity contribution in [3.05, 3.63) is 33.4 Å². The summed E-state index contributed by atoms with van der Waals surface area (Å²) in [5.74, 6) is 0. The summed E-state index contributed by atoms with van der Waals surface area (Å²) in [4.78, 5) is 3.44. The molecule has 1 aromatic carbocycles. The zero-order valence-electron chi connectivity index (χ0n) is 9.53. The highest BCUT2D eigenvalue weighted by atomic mass is 35.5. The minimum atomic E-state index is 0.612. The van der Waals surface area contributed by atoms with Crippen LogP contribution in [-0.4, -0.2) is 4.98 Å². The van der Waals surface area contributed by atoms with E-state index in [1.165, 1.54) is 16.6 Å². The Morgan fingerprint density at radius 2 is 1.81 bits per heavy atom. The molecule has 2 rings (SSSR count). The number of fused-ring (bicyclic) bond motifs is 1. The maximum Gasteiger partial charge on any atom is 0.0613 e. The van der Waals surface area contributed by atoms with Crippen molar-refractivity contribution in [1.29, 1.82) is 0 Å². The van der Waals surface area contributed by atoms with Crippen LogP contribution in [0.4, 0.5) is 0 Å². The van der Waals surface area contributed by atoms with E-state index in [-0.39, 0.29) is 0 Å². The summed E-state index contributed by atoms with van der Waals surface area (Å²) >= 11 is 12.1. The van der Waals surface area contributed by atoms with Crippen molar-refractivity contribution in [2.75, 3.05) is 0 Å². The molecule has 0 aliphatic rings. The molecule has 0 atom stereocenters. The summed E-state index contributed by atoms with van der Waals surface area (Å²) in [6.45, 7) is 4.36. The van der Waals surface area contributed by atoms with Crippen LogP contribution in [0.5, 0.6) is 0 Å². The maximum absolute atomic E-state index is 6.06. The molecule has 16 heavy (non-hydrogen) atoms. The van der Waals surface area contributed by atoms with Gasteiger partial charge in [0.15, 0.2) is 0 Å². The van der Waals surface area contributed by atoms with E-state index in [0.29, 0.717) is 10.0 Å². The standard InChI is InChI=1S/C13H15Cl2N/c1-3-5-12-8(4-2)9-6-10(14)11(15)7-13(9)16-12/h6-7,16H,3-5H2,1-2H3. The number of aromatic nitrogens is 1. The molecule has 0 spiro atoms. The van der Waals surface area contributed by atoms with Crippen molar-refractivity contribution in [1.82, 2.24) is 4.98 Å². The van der Waals surface area contributed by atoms with Crippen LogP contribution in [0.2, 0.25) is 10.0 Å². The fourth-order valence-electron chi connectivity index (χ4n) is 2.17. The molecule has 86 valence electrons. The second-order valence-electron chi connectivity index (χ2n) is 4.00. The van der Waals surface area contributed by atoms with Crippen molar-refractivity contribution in [3.63, 3.8) is 0 Å². The largest absolute Gasteiger partial charge is 0.358 e. The molecule has 0 bridgehead atoms. The van der Waals surface area contributed by atoms with Gasteiger partial charge in [-0.2, -0.15) is 0 Å². The van der Waals surface area contributed by atoms with Crippen LogP contribution in [0, 0.1) is 0 Å². The predicted molar refractivity (Wildman–Crippen MR) is 71.7 cm³/mol. The Bertz CT molecular complexity index is 514. The first-order chi connectivity index (χ1) is 7.67. The minimum Gasteiger partial charge on any atom is -0.358 e. The monoisotopic (exact) mass is 255 g/mol. The van der Waals surface area contributed by atoms with Gasteiger partial charge in [0.25, 0.3) is 0 Å². The smallest absolute Gasteiger partial charge is 0.0613 e. The lowest BCUT2D eigenvalue weighted by Crippen LogP contribution is -1.88. The predicted octanol–water partition coefficient (Wildman–Crippen LogP) is 4.99. The first kappa shape index (κ1) is 11.8. The fraction of sp³-hybridized carbons (Fsp3) is 0.385. The number of nitrogens with one attached hydrogen (secondary N) is 1. The van der Waals surface area contributed by atoms with Gasteiger partial charge < -0.3 is 4.98 Å². The molecule has 0 saturated carbocycles. The summed E-state index contributed by atoms with van der Waals surface area (Å²) in [5.41, 5.74) is 3.78. The third-order valence-electron chi connectivity index (χ3n) is 2.89. The lowest BCUT2D eigenvalue weighted by atomic mass is 10.1. The van der Waals surface area contributed by atoms with Crippen LogP contribution < -0.4 is 0 Å². The molecule has 0 fully saturated rings. The van der Waals surface area contributed by atoms with E-state index in [2.05, 4.69) is 18.8 Å². The molecular formula is C13H15Cl2N. The average molecular weight is 256 g/mol. The second kappa shape index (κ2) is 4.68. The van der Waals surface area contributed by atoms with Crippen molar-refractivity contribution >= 4 is 34.1 Å². The van der Waals surface area contributed by atoms with Gasteiger partial charge in [0.05, 0.1) is 10.0 Å². The molecular weight excluding hydrogens is 241 g/mol. The topological polar surface area (TPSA) is 15.8 Å². The van der Waals surface area contributed by atoms with Crippen molar-refractivity contribution in [2.45, 2.75) is 33.1 Å². The number of hydrogen-bond donors (Lipinski definition) is 1. The van der Waals surface area contributed by atoms with Gasteiger partial charge in [-0.05, 0) is 30.5 Å². The fourth-order valence-corrected chi connectivity index (χ4v) is 2.50.